The lowest BCUT2D eigenvalue weighted by atomic mass is 9.81. The van der Waals surface area contributed by atoms with E-state index in [9.17, 15) is 9.59 Å². The zero-order valence-electron chi connectivity index (χ0n) is 12.9. The number of carbonyl (C=O) groups excluding carboxylic acids is 1. The molecule has 0 aromatic heterocycles. The maximum absolute atomic E-state index is 12.3. The number of hydrogen-bond acceptors (Lipinski definition) is 3. The minimum atomic E-state index is -0.748. The third-order valence-corrected chi connectivity index (χ3v) is 4.11. The van der Waals surface area contributed by atoms with Crippen LogP contribution in [0.15, 0.2) is 24.3 Å². The van der Waals surface area contributed by atoms with Crippen LogP contribution in [0.5, 0.6) is 0 Å². The number of rotatable bonds is 6. The van der Waals surface area contributed by atoms with Crippen molar-refractivity contribution in [2.24, 2.45) is 11.8 Å². The van der Waals surface area contributed by atoms with Gasteiger partial charge in [-0.25, -0.2) is 0 Å². The average molecular weight is 305 g/mol. The quantitative estimate of drug-likeness (QED) is 0.847. The molecule has 0 heterocycles. The molecule has 2 N–H and O–H groups in total. The molecule has 1 saturated carbocycles. The minimum absolute atomic E-state index is 0.0163. The van der Waals surface area contributed by atoms with Crippen molar-refractivity contribution < 1.29 is 19.4 Å². The van der Waals surface area contributed by atoms with Crippen molar-refractivity contribution in [3.8, 4) is 0 Å². The Morgan fingerprint density at radius 2 is 1.91 bits per heavy atom. The van der Waals surface area contributed by atoms with E-state index < -0.39 is 5.97 Å². The Hall–Kier alpha value is -1.88. The molecule has 0 unspecified atom stereocenters. The van der Waals surface area contributed by atoms with Crippen LogP contribution in [-0.2, 0) is 20.9 Å². The molecule has 0 atom stereocenters. The lowest BCUT2D eigenvalue weighted by Crippen LogP contribution is -2.29. The first-order valence-corrected chi connectivity index (χ1v) is 7.80. The molecule has 1 aliphatic carbocycles. The predicted molar refractivity (Wildman–Crippen MR) is 83.5 cm³/mol. The first-order chi connectivity index (χ1) is 10.6. The van der Waals surface area contributed by atoms with Crippen LogP contribution >= 0.6 is 0 Å². The van der Waals surface area contributed by atoms with E-state index in [0.29, 0.717) is 38.9 Å². The molecule has 1 aromatic carbocycles. The van der Waals surface area contributed by atoms with Crippen molar-refractivity contribution in [3.63, 3.8) is 0 Å². The highest BCUT2D eigenvalue weighted by molar-refractivity contribution is 5.92. The molecule has 2 rings (SSSR count). The number of benzene rings is 1. The van der Waals surface area contributed by atoms with Crippen LogP contribution in [0.2, 0.25) is 0 Å². The fourth-order valence-electron chi connectivity index (χ4n) is 2.81. The fourth-order valence-corrected chi connectivity index (χ4v) is 2.81. The Morgan fingerprint density at radius 1 is 1.23 bits per heavy atom. The summed E-state index contributed by atoms with van der Waals surface area (Å²) >= 11 is 0. The number of carboxylic acids is 1. The molecule has 1 aromatic rings. The third kappa shape index (κ3) is 4.56. The highest BCUT2D eigenvalue weighted by Crippen LogP contribution is 2.29. The zero-order valence-corrected chi connectivity index (χ0v) is 12.9. The molecule has 0 aliphatic heterocycles. The van der Waals surface area contributed by atoms with Crippen LogP contribution in [0.1, 0.15) is 38.2 Å². The highest BCUT2D eigenvalue weighted by Gasteiger charge is 2.29. The van der Waals surface area contributed by atoms with E-state index in [1.54, 1.807) is 0 Å². The third-order valence-electron chi connectivity index (χ3n) is 4.11. The molecule has 1 fully saturated rings. The summed E-state index contributed by atoms with van der Waals surface area (Å²) in [5, 5.41) is 11.9. The van der Waals surface area contributed by atoms with E-state index in [2.05, 4.69) is 5.32 Å². The van der Waals surface area contributed by atoms with Crippen molar-refractivity contribution >= 4 is 17.6 Å². The van der Waals surface area contributed by atoms with Gasteiger partial charge in [-0.1, -0.05) is 12.1 Å². The Kier molecular flexibility index (Phi) is 5.95. The van der Waals surface area contributed by atoms with Gasteiger partial charge in [-0.2, -0.15) is 0 Å². The summed E-state index contributed by atoms with van der Waals surface area (Å²) in [6, 6.07) is 7.63. The first kappa shape index (κ1) is 16.5. The fraction of sp³-hybridized carbons (Fsp3) is 0.529. The van der Waals surface area contributed by atoms with E-state index in [1.807, 2.05) is 31.2 Å². The molecule has 0 spiro atoms. The highest BCUT2D eigenvalue weighted by atomic mass is 16.5. The molecular formula is C17H23NO4. The Bertz CT molecular complexity index is 521. The molecular weight excluding hydrogens is 282 g/mol. The second-order valence-corrected chi connectivity index (χ2v) is 5.71. The SMILES string of the molecule is CCOCc1cccc(NC(=O)C2CCC(C(=O)O)CC2)c1. The van der Waals surface area contributed by atoms with Crippen LogP contribution in [0.4, 0.5) is 5.69 Å². The van der Waals surface area contributed by atoms with Gasteiger partial charge < -0.3 is 15.2 Å². The normalized spacial score (nSPS) is 21.3. The van der Waals surface area contributed by atoms with Gasteiger partial charge in [0, 0.05) is 18.2 Å². The smallest absolute Gasteiger partial charge is 0.306 e. The molecule has 0 saturated heterocycles. The van der Waals surface area contributed by atoms with Crippen molar-refractivity contribution in [1.29, 1.82) is 0 Å². The minimum Gasteiger partial charge on any atom is -0.481 e. The molecule has 0 bridgehead atoms. The van der Waals surface area contributed by atoms with Crippen molar-refractivity contribution in [2.75, 3.05) is 11.9 Å². The number of carboxylic acid groups (broad SMARTS) is 1. The van der Waals surface area contributed by atoms with Gasteiger partial charge in [-0.05, 0) is 50.3 Å². The van der Waals surface area contributed by atoms with Gasteiger partial charge in [0.2, 0.25) is 5.91 Å². The number of amides is 1. The van der Waals surface area contributed by atoms with Gasteiger partial charge in [-0.15, -0.1) is 0 Å². The number of hydrogen-bond donors (Lipinski definition) is 2. The Morgan fingerprint density at radius 3 is 2.55 bits per heavy atom. The van der Waals surface area contributed by atoms with Crippen molar-refractivity contribution in [3.05, 3.63) is 29.8 Å². The Labute approximate surface area is 130 Å². The van der Waals surface area contributed by atoms with E-state index in [1.165, 1.54) is 0 Å². The Balaban J connectivity index is 1.88. The predicted octanol–water partition coefficient (Wildman–Crippen LogP) is 3.05. The molecule has 5 heteroatoms. The first-order valence-electron chi connectivity index (χ1n) is 7.80. The van der Waals surface area contributed by atoms with Crippen molar-refractivity contribution in [2.45, 2.75) is 39.2 Å². The molecule has 5 nitrogen and oxygen atoms in total. The monoisotopic (exact) mass is 305 g/mol. The van der Waals surface area contributed by atoms with E-state index in [-0.39, 0.29) is 17.7 Å². The number of aliphatic carboxylic acids is 1. The number of carbonyl (C=O) groups is 2. The van der Waals surface area contributed by atoms with Gasteiger partial charge in [0.15, 0.2) is 0 Å². The average Bonchev–Trinajstić information content (AvgIpc) is 2.53. The lowest BCUT2D eigenvalue weighted by molar-refractivity contribution is -0.143. The van der Waals surface area contributed by atoms with Crippen LogP contribution < -0.4 is 5.32 Å². The summed E-state index contributed by atoms with van der Waals surface area (Å²) < 4.78 is 5.36. The maximum atomic E-state index is 12.3. The van der Waals surface area contributed by atoms with Crippen LogP contribution in [0.3, 0.4) is 0 Å². The number of ether oxygens (including phenoxy) is 1. The van der Waals surface area contributed by atoms with Crippen LogP contribution in [0, 0.1) is 11.8 Å². The van der Waals surface area contributed by atoms with Gasteiger partial charge >= 0.3 is 5.97 Å². The van der Waals surface area contributed by atoms with Gasteiger partial charge in [0.05, 0.1) is 12.5 Å². The lowest BCUT2D eigenvalue weighted by Gasteiger charge is -2.25. The topological polar surface area (TPSA) is 75.6 Å². The van der Waals surface area contributed by atoms with Gasteiger partial charge in [-0.3, -0.25) is 9.59 Å². The van der Waals surface area contributed by atoms with E-state index >= 15 is 0 Å². The van der Waals surface area contributed by atoms with Gasteiger partial charge in [0.1, 0.15) is 0 Å². The maximum Gasteiger partial charge on any atom is 0.306 e. The summed E-state index contributed by atoms with van der Waals surface area (Å²) in [6.45, 7) is 3.13. The van der Waals surface area contributed by atoms with E-state index in [4.69, 9.17) is 9.84 Å². The summed E-state index contributed by atoms with van der Waals surface area (Å²) in [7, 11) is 0. The molecule has 22 heavy (non-hydrogen) atoms. The summed E-state index contributed by atoms with van der Waals surface area (Å²) in [4.78, 5) is 23.2. The zero-order chi connectivity index (χ0) is 15.9. The summed E-state index contributed by atoms with van der Waals surface area (Å²) in [5.41, 5.74) is 1.79. The largest absolute Gasteiger partial charge is 0.481 e. The molecule has 120 valence electrons. The van der Waals surface area contributed by atoms with Gasteiger partial charge in [0.25, 0.3) is 0 Å². The summed E-state index contributed by atoms with van der Waals surface area (Å²) in [5.74, 6) is -1.15. The molecule has 1 aliphatic rings. The standard InChI is InChI=1S/C17H23NO4/c1-2-22-11-12-4-3-5-15(10-12)18-16(19)13-6-8-14(9-7-13)17(20)21/h3-5,10,13-14H,2,6-9,11H2,1H3,(H,18,19)(H,20,21). The van der Waals surface area contributed by atoms with Crippen LogP contribution in [0.25, 0.3) is 0 Å². The molecule has 1 amide bonds. The molecule has 0 radical (unpaired) electrons. The summed E-state index contributed by atoms with van der Waals surface area (Å²) in [6.07, 6.45) is 2.44. The van der Waals surface area contributed by atoms with Crippen molar-refractivity contribution in [1.82, 2.24) is 0 Å². The number of nitrogens with one attached hydrogen (secondary N) is 1. The number of anilines is 1. The van der Waals surface area contributed by atoms with Crippen LogP contribution in [-0.4, -0.2) is 23.6 Å². The second-order valence-electron chi connectivity index (χ2n) is 5.71. The van der Waals surface area contributed by atoms with E-state index in [0.717, 1.165) is 11.3 Å². The second kappa shape index (κ2) is 7.94.